The molecule has 0 saturated carbocycles. The zero-order chi connectivity index (χ0) is 17.8. The average molecular weight is 337 g/mol. The lowest BCUT2D eigenvalue weighted by Gasteiger charge is -2.03. The average Bonchev–Trinajstić information content (AvgIpc) is 2.99. The van der Waals surface area contributed by atoms with Gasteiger partial charge in [-0.05, 0) is 19.1 Å². The van der Waals surface area contributed by atoms with E-state index in [1.807, 2.05) is 24.3 Å². The predicted molar refractivity (Wildman–Crippen MR) is 93.3 cm³/mol. The van der Waals surface area contributed by atoms with Crippen LogP contribution >= 0.6 is 0 Å². The van der Waals surface area contributed by atoms with Crippen molar-refractivity contribution in [1.82, 2.24) is 15.0 Å². The van der Waals surface area contributed by atoms with Gasteiger partial charge in [0.25, 0.3) is 11.6 Å². The number of nitro benzene ring substituents is 1. The summed E-state index contributed by atoms with van der Waals surface area (Å²) < 4.78 is 1.72. The number of carbonyl (C=O) groups is 1. The zero-order valence-corrected chi connectivity index (χ0v) is 13.4. The van der Waals surface area contributed by atoms with Crippen LogP contribution in [0.5, 0.6) is 0 Å². The third kappa shape index (κ3) is 3.69. The van der Waals surface area contributed by atoms with Crippen LogP contribution in [-0.4, -0.2) is 26.6 Å². The molecule has 8 nitrogen and oxygen atoms in total. The van der Waals surface area contributed by atoms with Gasteiger partial charge in [-0.1, -0.05) is 24.3 Å². The van der Waals surface area contributed by atoms with Crippen LogP contribution in [0.25, 0.3) is 11.0 Å². The molecule has 0 atom stereocenters. The van der Waals surface area contributed by atoms with Gasteiger partial charge < -0.3 is 4.57 Å². The number of hydrogen-bond donors (Lipinski definition) is 1. The number of carbonyl (C=O) groups excluding carboxylic acids is 1. The van der Waals surface area contributed by atoms with E-state index in [9.17, 15) is 14.9 Å². The van der Waals surface area contributed by atoms with Crippen LogP contribution in [0.1, 0.15) is 11.1 Å². The van der Waals surface area contributed by atoms with E-state index in [1.54, 1.807) is 30.0 Å². The Morgan fingerprint density at radius 3 is 2.96 bits per heavy atom. The smallest absolute Gasteiger partial charge is 0.272 e. The molecule has 126 valence electrons. The van der Waals surface area contributed by atoms with Gasteiger partial charge in [0.2, 0.25) is 0 Å². The molecule has 0 saturated heterocycles. The Bertz CT molecular complexity index is 977. The molecule has 2 aromatic carbocycles. The van der Waals surface area contributed by atoms with E-state index in [2.05, 4.69) is 15.5 Å². The Labute approximate surface area is 142 Å². The summed E-state index contributed by atoms with van der Waals surface area (Å²) in [7, 11) is 0. The molecule has 25 heavy (non-hydrogen) atoms. The molecule has 0 unspecified atom stereocenters. The lowest BCUT2D eigenvalue weighted by Crippen LogP contribution is -2.22. The van der Waals surface area contributed by atoms with Gasteiger partial charge in [-0.15, -0.1) is 0 Å². The minimum absolute atomic E-state index is 0.0140. The van der Waals surface area contributed by atoms with Gasteiger partial charge in [-0.25, -0.2) is 10.4 Å². The first-order valence-corrected chi connectivity index (χ1v) is 7.51. The highest BCUT2D eigenvalue weighted by molar-refractivity contribution is 5.84. The Hall–Kier alpha value is -3.55. The number of hydrogen-bond acceptors (Lipinski definition) is 5. The number of rotatable bonds is 5. The number of imidazole rings is 1. The first kappa shape index (κ1) is 16.3. The van der Waals surface area contributed by atoms with Crippen LogP contribution in [0.2, 0.25) is 0 Å². The van der Waals surface area contributed by atoms with Crippen molar-refractivity contribution in [3.63, 3.8) is 0 Å². The maximum absolute atomic E-state index is 12.0. The first-order valence-electron chi connectivity index (χ1n) is 7.51. The molecule has 0 aliphatic rings. The number of amides is 1. The molecule has 0 radical (unpaired) electrons. The summed E-state index contributed by atoms with van der Waals surface area (Å²) in [5.74, 6) is -0.319. The molecule has 3 aromatic rings. The standard InChI is InChI=1S/C17H15N5O3/c1-12-6-7-13(8-16(12)22(24)25)9-19-20-17(23)10-21-11-18-14-4-2-3-5-15(14)21/h2-9,11H,10H2,1H3,(H,20,23)/b19-9-. The summed E-state index contributed by atoms with van der Waals surface area (Å²) in [5, 5.41) is 14.8. The van der Waals surface area contributed by atoms with E-state index in [0.717, 1.165) is 11.0 Å². The van der Waals surface area contributed by atoms with Crippen molar-refractivity contribution < 1.29 is 9.72 Å². The minimum Gasteiger partial charge on any atom is -0.321 e. The van der Waals surface area contributed by atoms with Crippen molar-refractivity contribution in [2.75, 3.05) is 0 Å². The minimum atomic E-state index is -0.449. The Kier molecular flexibility index (Phi) is 4.51. The molecule has 8 heteroatoms. The zero-order valence-electron chi connectivity index (χ0n) is 13.4. The van der Waals surface area contributed by atoms with Crippen LogP contribution in [0.15, 0.2) is 53.9 Å². The molecule has 1 heterocycles. The second-order valence-corrected chi connectivity index (χ2v) is 5.46. The SMILES string of the molecule is Cc1ccc(/C=N\NC(=O)Cn2cnc3ccccc32)cc1[N+](=O)[O-]. The number of hydrazone groups is 1. The highest BCUT2D eigenvalue weighted by atomic mass is 16.6. The monoisotopic (exact) mass is 337 g/mol. The quantitative estimate of drug-likeness (QED) is 0.439. The number of aromatic nitrogens is 2. The van der Waals surface area contributed by atoms with Crippen molar-refractivity contribution in [3.05, 3.63) is 70.0 Å². The fraction of sp³-hybridized carbons (Fsp3) is 0.118. The third-order valence-electron chi connectivity index (χ3n) is 3.67. The Balaban J connectivity index is 1.65. The van der Waals surface area contributed by atoms with Crippen LogP contribution in [0, 0.1) is 17.0 Å². The third-order valence-corrected chi connectivity index (χ3v) is 3.67. The highest BCUT2D eigenvalue weighted by Crippen LogP contribution is 2.18. The van der Waals surface area contributed by atoms with Crippen molar-refractivity contribution in [1.29, 1.82) is 0 Å². The normalized spacial score (nSPS) is 11.1. The molecule has 0 fully saturated rings. The van der Waals surface area contributed by atoms with E-state index in [-0.39, 0.29) is 18.1 Å². The van der Waals surface area contributed by atoms with Crippen LogP contribution < -0.4 is 5.43 Å². The number of nitrogens with zero attached hydrogens (tertiary/aromatic N) is 4. The number of para-hydroxylation sites is 2. The van der Waals surface area contributed by atoms with Gasteiger partial charge in [0.05, 0.1) is 28.5 Å². The summed E-state index contributed by atoms with van der Waals surface area (Å²) >= 11 is 0. The highest BCUT2D eigenvalue weighted by Gasteiger charge is 2.10. The van der Waals surface area contributed by atoms with E-state index >= 15 is 0 Å². The Morgan fingerprint density at radius 2 is 2.16 bits per heavy atom. The summed E-state index contributed by atoms with van der Waals surface area (Å²) in [4.78, 5) is 26.7. The maximum Gasteiger partial charge on any atom is 0.272 e. The van der Waals surface area contributed by atoms with E-state index in [1.165, 1.54) is 12.3 Å². The molecule has 1 aromatic heterocycles. The number of nitrogens with one attached hydrogen (secondary N) is 1. The summed E-state index contributed by atoms with van der Waals surface area (Å²) in [6, 6.07) is 12.2. The summed E-state index contributed by atoms with van der Waals surface area (Å²) in [6.07, 6.45) is 2.97. The first-order chi connectivity index (χ1) is 12.0. The molecular weight excluding hydrogens is 322 g/mol. The molecule has 1 amide bonds. The summed E-state index contributed by atoms with van der Waals surface area (Å²) in [5.41, 5.74) is 5.19. The molecule has 0 spiro atoms. The van der Waals surface area contributed by atoms with Crippen LogP contribution in [0.3, 0.4) is 0 Å². The topological polar surface area (TPSA) is 102 Å². The second-order valence-electron chi connectivity index (χ2n) is 5.46. The molecule has 1 N–H and O–H groups in total. The largest absolute Gasteiger partial charge is 0.321 e. The predicted octanol–water partition coefficient (Wildman–Crippen LogP) is 2.40. The van der Waals surface area contributed by atoms with Gasteiger partial charge in [0.1, 0.15) is 6.54 Å². The van der Waals surface area contributed by atoms with Gasteiger partial charge in [0.15, 0.2) is 0 Å². The van der Waals surface area contributed by atoms with Crippen LogP contribution in [0.4, 0.5) is 5.69 Å². The van der Waals surface area contributed by atoms with E-state index in [0.29, 0.717) is 11.1 Å². The van der Waals surface area contributed by atoms with Crippen molar-refractivity contribution in [2.24, 2.45) is 5.10 Å². The van der Waals surface area contributed by atoms with E-state index < -0.39 is 4.92 Å². The number of fused-ring (bicyclic) bond motifs is 1. The van der Waals surface area contributed by atoms with Gasteiger partial charge in [-0.2, -0.15) is 5.10 Å². The molecular formula is C17H15N5O3. The lowest BCUT2D eigenvalue weighted by molar-refractivity contribution is -0.385. The van der Waals surface area contributed by atoms with Crippen LogP contribution in [-0.2, 0) is 11.3 Å². The number of benzene rings is 2. The molecule has 0 aliphatic carbocycles. The number of aryl methyl sites for hydroxylation is 1. The maximum atomic E-state index is 12.0. The van der Waals surface area contributed by atoms with Crippen molar-refractivity contribution in [2.45, 2.75) is 13.5 Å². The van der Waals surface area contributed by atoms with Gasteiger partial charge in [0, 0.05) is 17.2 Å². The molecule has 3 rings (SSSR count). The fourth-order valence-electron chi connectivity index (χ4n) is 2.41. The second kappa shape index (κ2) is 6.91. The van der Waals surface area contributed by atoms with Gasteiger partial charge >= 0.3 is 0 Å². The Morgan fingerprint density at radius 1 is 1.36 bits per heavy atom. The molecule has 0 aliphatic heterocycles. The fourth-order valence-corrected chi connectivity index (χ4v) is 2.41. The summed E-state index contributed by atoms with van der Waals surface area (Å²) in [6.45, 7) is 1.74. The van der Waals surface area contributed by atoms with Crippen molar-refractivity contribution >= 4 is 28.8 Å². The van der Waals surface area contributed by atoms with Crippen molar-refractivity contribution in [3.8, 4) is 0 Å². The van der Waals surface area contributed by atoms with E-state index in [4.69, 9.17) is 0 Å². The number of nitro groups is 1. The van der Waals surface area contributed by atoms with Gasteiger partial charge in [-0.3, -0.25) is 14.9 Å². The lowest BCUT2D eigenvalue weighted by atomic mass is 10.1. The molecule has 0 bridgehead atoms.